The minimum atomic E-state index is -2.22. The second-order valence-electron chi connectivity index (χ2n) is 20.1. The van der Waals surface area contributed by atoms with Crippen LogP contribution in [0.3, 0.4) is 0 Å². The van der Waals surface area contributed by atoms with Gasteiger partial charge < -0.3 is 34.6 Å². The third-order valence-electron chi connectivity index (χ3n) is 14.6. The SMILES string of the molecule is CC(C)(C)[Si](C)(C)O[C@@H](CNCc1cc2nnn(CCCN3CC4(CC(OC(=O)[C@](O)(c5cccs5)c5cc6ccccc6s5)C4)C3)c2c2c1CCC2)c1ccc(O)c2[nH]c(=O)ccc12. The number of pyridine rings is 1. The van der Waals surface area contributed by atoms with Gasteiger partial charge in [0, 0.05) is 54.3 Å². The summed E-state index contributed by atoms with van der Waals surface area (Å²) in [4.78, 5) is 32.5. The highest BCUT2D eigenvalue weighted by Gasteiger charge is 2.55. The maximum atomic E-state index is 13.8. The van der Waals surface area contributed by atoms with Crippen LogP contribution in [0.15, 0.2) is 83.0 Å². The molecule has 10 rings (SSSR count). The topological polar surface area (TPSA) is 155 Å². The number of ether oxygens (including phenoxy) is 1. The molecule has 4 aromatic heterocycles. The molecule has 4 N–H and O–H groups in total. The number of hydrogen-bond acceptors (Lipinski definition) is 12. The fraction of sp³-hybridized carbons (Fsp3) is 0.440. The number of carbonyl (C=O) groups is 1. The second-order valence-corrected chi connectivity index (χ2v) is 26.9. The Bertz CT molecular complexity index is 2930. The van der Waals surface area contributed by atoms with Gasteiger partial charge in [0.15, 0.2) is 8.32 Å². The van der Waals surface area contributed by atoms with Gasteiger partial charge in [-0.25, -0.2) is 9.48 Å². The van der Waals surface area contributed by atoms with Gasteiger partial charge in [0.05, 0.1) is 26.9 Å². The number of aromatic nitrogens is 4. The molecule has 2 fully saturated rings. The molecule has 340 valence electrons. The molecule has 1 spiro atoms. The molecule has 0 amide bonds. The van der Waals surface area contributed by atoms with E-state index in [2.05, 4.69) is 70.1 Å². The predicted molar refractivity (Wildman–Crippen MR) is 260 cm³/mol. The molecule has 7 aromatic rings. The molecule has 65 heavy (non-hydrogen) atoms. The molecular weight excluding hydrogens is 873 g/mol. The minimum absolute atomic E-state index is 0.0120. The van der Waals surface area contributed by atoms with Crippen molar-refractivity contribution >= 4 is 69.0 Å². The number of carbonyl (C=O) groups excluding carboxylic acids is 1. The summed E-state index contributed by atoms with van der Waals surface area (Å²) in [6.07, 6.45) is 5.25. The van der Waals surface area contributed by atoms with Gasteiger partial charge in [-0.3, -0.25) is 4.79 Å². The lowest BCUT2D eigenvalue weighted by Gasteiger charge is -2.58. The van der Waals surface area contributed by atoms with Gasteiger partial charge in [-0.05, 0) is 133 Å². The van der Waals surface area contributed by atoms with Gasteiger partial charge >= 0.3 is 5.97 Å². The number of benzene rings is 3. The second kappa shape index (κ2) is 16.8. The molecule has 3 aromatic carbocycles. The summed E-state index contributed by atoms with van der Waals surface area (Å²) >= 11 is 2.81. The first-order valence-electron chi connectivity index (χ1n) is 22.9. The summed E-state index contributed by atoms with van der Waals surface area (Å²) in [6, 6.07) is 22.6. The Morgan fingerprint density at radius 3 is 2.58 bits per heavy atom. The van der Waals surface area contributed by atoms with Crippen LogP contribution in [0.2, 0.25) is 18.1 Å². The molecule has 3 aliphatic rings. The Morgan fingerprint density at radius 2 is 1.82 bits per heavy atom. The number of nitrogens with one attached hydrogen (secondary N) is 2. The molecule has 0 bridgehead atoms. The Hall–Kier alpha value is -4.74. The van der Waals surface area contributed by atoms with Crippen LogP contribution in [0.25, 0.3) is 32.0 Å². The number of phenolic OH excluding ortho intramolecular Hbond substituents is 1. The van der Waals surface area contributed by atoms with Crippen LogP contribution >= 0.6 is 22.7 Å². The van der Waals surface area contributed by atoms with E-state index in [1.54, 1.807) is 12.1 Å². The molecule has 12 nitrogen and oxygen atoms in total. The molecule has 1 saturated heterocycles. The highest BCUT2D eigenvalue weighted by molar-refractivity contribution is 7.19. The van der Waals surface area contributed by atoms with E-state index in [4.69, 9.17) is 9.16 Å². The number of thiophene rings is 2. The van der Waals surface area contributed by atoms with E-state index < -0.39 is 19.9 Å². The first-order chi connectivity index (χ1) is 31.1. The van der Waals surface area contributed by atoms with Crippen molar-refractivity contribution in [3.05, 3.63) is 121 Å². The predicted octanol–water partition coefficient (Wildman–Crippen LogP) is 8.93. The summed E-state index contributed by atoms with van der Waals surface area (Å²) in [6.45, 7) is 16.2. The van der Waals surface area contributed by atoms with Crippen molar-refractivity contribution < 1.29 is 24.2 Å². The summed E-state index contributed by atoms with van der Waals surface area (Å²) in [5.41, 5.74) is 5.54. The number of H-pyrrole nitrogens is 1. The van der Waals surface area contributed by atoms with Gasteiger partial charge in [0.1, 0.15) is 17.4 Å². The molecule has 0 unspecified atom stereocenters. The molecule has 15 heteroatoms. The zero-order valence-electron chi connectivity index (χ0n) is 37.8. The van der Waals surface area contributed by atoms with Crippen LogP contribution in [0.5, 0.6) is 5.75 Å². The molecule has 2 atom stereocenters. The Labute approximate surface area is 387 Å². The van der Waals surface area contributed by atoms with E-state index in [0.29, 0.717) is 28.4 Å². The maximum Gasteiger partial charge on any atom is 0.349 e. The lowest BCUT2D eigenvalue weighted by atomic mass is 9.61. The standard InChI is InChI=1S/C50H58N6O6S2Si/c1-48(2,3)65(4,5)62-40(35-16-18-39(57)45-36(35)17-19-44(58)52-45)28-51-27-32-23-38-46(37-13-8-12-34(32)37)56(54-53-38)21-10-20-55-29-49(30-55)25-33(26-49)61-47(59)50(60,42-15-9-22-63-42)43-24-31-11-6-7-14-41(31)64-43/h6-7,9,11,14-19,22-24,33,40,51,57,60H,8,10,12-13,20-21,25-30H2,1-5H3,(H,52,58)/t40-,50-/m0/s1. The lowest BCUT2D eigenvalue weighted by molar-refractivity contribution is -0.191. The van der Waals surface area contributed by atoms with Crippen molar-refractivity contribution in [1.82, 2.24) is 30.2 Å². The van der Waals surface area contributed by atoms with Gasteiger partial charge in [0.2, 0.25) is 11.2 Å². The molecular formula is C50H58N6O6S2Si. The average molecular weight is 931 g/mol. The number of aromatic amines is 1. The fourth-order valence-electron chi connectivity index (χ4n) is 10.2. The first-order valence-corrected chi connectivity index (χ1v) is 27.5. The number of esters is 1. The highest BCUT2D eigenvalue weighted by Crippen LogP contribution is 2.51. The number of aromatic hydroxyl groups is 1. The zero-order valence-corrected chi connectivity index (χ0v) is 40.4. The molecule has 0 radical (unpaired) electrons. The van der Waals surface area contributed by atoms with Crippen molar-refractivity contribution in [1.29, 1.82) is 0 Å². The summed E-state index contributed by atoms with van der Waals surface area (Å²) in [7, 11) is -2.22. The lowest BCUT2D eigenvalue weighted by Crippen LogP contribution is -2.64. The van der Waals surface area contributed by atoms with Crippen LogP contribution in [-0.2, 0) is 45.5 Å². The molecule has 1 aliphatic heterocycles. The van der Waals surface area contributed by atoms with Gasteiger partial charge in [-0.1, -0.05) is 56.3 Å². The monoisotopic (exact) mass is 930 g/mol. The van der Waals surface area contributed by atoms with Crippen LogP contribution in [0.1, 0.15) is 84.6 Å². The first kappa shape index (κ1) is 44.1. The fourth-order valence-corrected chi connectivity index (χ4v) is 13.6. The van der Waals surface area contributed by atoms with Crippen molar-refractivity contribution in [3.8, 4) is 5.75 Å². The van der Waals surface area contributed by atoms with Gasteiger partial charge in [-0.15, -0.1) is 27.8 Å². The number of phenols is 1. The number of rotatable bonds is 15. The number of nitrogens with zero attached hydrogens (tertiary/aromatic N) is 4. The quantitative estimate of drug-likeness (QED) is 0.0579. The maximum absolute atomic E-state index is 13.8. The van der Waals surface area contributed by atoms with Crippen molar-refractivity contribution in [3.63, 3.8) is 0 Å². The largest absolute Gasteiger partial charge is 0.506 e. The summed E-state index contributed by atoms with van der Waals surface area (Å²) in [5, 5.41) is 39.4. The Morgan fingerprint density at radius 1 is 1.02 bits per heavy atom. The zero-order chi connectivity index (χ0) is 45.3. The van der Waals surface area contributed by atoms with Crippen molar-refractivity contribution in [2.45, 2.75) is 108 Å². The van der Waals surface area contributed by atoms with Crippen molar-refractivity contribution in [2.24, 2.45) is 5.41 Å². The van der Waals surface area contributed by atoms with Crippen LogP contribution < -0.4 is 10.9 Å². The van der Waals surface area contributed by atoms with E-state index >= 15 is 0 Å². The molecule has 5 heterocycles. The van der Waals surface area contributed by atoms with Crippen molar-refractivity contribution in [2.75, 3.05) is 26.2 Å². The van der Waals surface area contributed by atoms with E-state index in [1.165, 1.54) is 45.4 Å². The smallest absolute Gasteiger partial charge is 0.349 e. The molecule has 2 aliphatic carbocycles. The third-order valence-corrected chi connectivity index (χ3v) is 21.3. The van der Waals surface area contributed by atoms with Crippen LogP contribution in [0, 0.1) is 5.41 Å². The van der Waals surface area contributed by atoms with Gasteiger partial charge in [0.25, 0.3) is 0 Å². The molecule has 1 saturated carbocycles. The van der Waals surface area contributed by atoms with E-state index in [-0.39, 0.29) is 34.0 Å². The van der Waals surface area contributed by atoms with Gasteiger partial charge in [-0.2, -0.15) is 0 Å². The highest BCUT2D eigenvalue weighted by atomic mass is 32.1. The van der Waals surface area contributed by atoms with E-state index in [1.807, 2.05) is 53.9 Å². The number of hydrogen-bond donors (Lipinski definition) is 4. The van der Waals surface area contributed by atoms with Crippen LogP contribution in [-0.4, -0.2) is 81.7 Å². The average Bonchev–Trinajstić information content (AvgIpc) is 4.08. The summed E-state index contributed by atoms with van der Waals surface area (Å²) in [5.74, 6) is -0.544. The Balaban J connectivity index is 0.753. The minimum Gasteiger partial charge on any atom is -0.506 e. The van der Waals surface area contributed by atoms with E-state index in [0.717, 1.165) is 96.8 Å². The number of fused-ring (bicyclic) bond motifs is 5. The number of aryl methyl sites for hydroxylation is 2. The van der Waals surface area contributed by atoms with E-state index in [9.17, 15) is 19.8 Å². The van der Waals surface area contributed by atoms with Crippen LogP contribution in [0.4, 0.5) is 0 Å². The summed E-state index contributed by atoms with van der Waals surface area (Å²) < 4.78 is 16.3. The Kier molecular flexibility index (Phi) is 11.4. The number of aliphatic hydroxyl groups is 1. The third kappa shape index (κ3) is 8.16. The number of likely N-dealkylation sites (tertiary alicyclic amines) is 1. The normalized spacial score (nSPS) is 17.9.